The number of hydrogen-bond donors (Lipinski definition) is 8. The first kappa shape index (κ1) is 28.8. The number of carbonyl (C=O) groups is 3. The number of allylic oxidation sites excluding steroid dienone is 3. The van der Waals surface area contributed by atoms with Gasteiger partial charge in [-0.1, -0.05) is 18.2 Å². The number of carbonyl (C=O) groups excluding carboxylic acids is 3. The van der Waals surface area contributed by atoms with Crippen LogP contribution in [0.1, 0.15) is 18.4 Å². The maximum atomic E-state index is 14.1. The van der Waals surface area contributed by atoms with Gasteiger partial charge in [0, 0.05) is 30.2 Å². The number of hydrogen-bond acceptors (Lipinski definition) is 11. The third kappa shape index (κ3) is 4.08. The van der Waals surface area contributed by atoms with Gasteiger partial charge in [0.25, 0.3) is 5.91 Å². The number of benzene rings is 1. The van der Waals surface area contributed by atoms with E-state index in [9.17, 15) is 45.2 Å². The summed E-state index contributed by atoms with van der Waals surface area (Å²) in [5.41, 5.74) is 9.35. The summed E-state index contributed by atoms with van der Waals surface area (Å²) in [5, 5.41) is 65.5. The van der Waals surface area contributed by atoms with Crippen molar-refractivity contribution in [3.05, 3.63) is 74.9 Å². The summed E-state index contributed by atoms with van der Waals surface area (Å²) in [5.74, 6) is -7.96. The highest BCUT2D eigenvalue weighted by Crippen LogP contribution is 2.55. The Morgan fingerprint density at radius 2 is 1.88 bits per heavy atom. The molecule has 1 fully saturated rings. The van der Waals surface area contributed by atoms with Gasteiger partial charge in [-0.2, -0.15) is 5.23 Å². The minimum absolute atomic E-state index is 0.0196. The molecule has 7 atom stereocenters. The first-order valence-electron chi connectivity index (χ1n) is 13.0. The Labute approximate surface area is 234 Å². The zero-order chi connectivity index (χ0) is 30.1. The molecule has 5 rings (SSSR count). The number of nitrogens with two attached hydrogens (primary N) is 2. The molecule has 13 heteroatoms. The van der Waals surface area contributed by atoms with Crippen LogP contribution < -0.4 is 16.7 Å². The monoisotopic (exact) mass is 568 g/mol. The fourth-order valence-electron chi connectivity index (χ4n) is 6.96. The lowest BCUT2D eigenvalue weighted by atomic mass is 9.56. The Morgan fingerprint density at radius 1 is 1.20 bits per heavy atom. The highest BCUT2D eigenvalue weighted by Gasteiger charge is 2.63. The molecular formula is C28H32N4O9. The van der Waals surface area contributed by atoms with Crippen LogP contribution in [0.25, 0.3) is 5.57 Å². The van der Waals surface area contributed by atoms with E-state index in [4.69, 9.17) is 11.5 Å². The summed E-state index contributed by atoms with van der Waals surface area (Å²) in [7, 11) is 3.07. The zero-order valence-corrected chi connectivity index (χ0v) is 22.4. The summed E-state index contributed by atoms with van der Waals surface area (Å²) in [6.07, 6.45) is 0.338. The van der Waals surface area contributed by atoms with Crippen molar-refractivity contribution in [2.24, 2.45) is 29.2 Å². The fourth-order valence-corrected chi connectivity index (χ4v) is 6.96. The van der Waals surface area contributed by atoms with Gasteiger partial charge in [-0.05, 0) is 55.1 Å². The largest absolute Gasteiger partial charge is 0.595 e. The Balaban J connectivity index is 1.73. The lowest BCUT2D eigenvalue weighted by molar-refractivity contribution is -0.991. The van der Waals surface area contributed by atoms with Gasteiger partial charge in [-0.25, -0.2) is 5.21 Å². The normalized spacial score (nSPS) is 32.5. The second kappa shape index (κ2) is 9.99. The fraction of sp³-hybridized carbons (Fsp3) is 0.393. The molecule has 0 heterocycles. The molecular weight excluding hydrogens is 536 g/mol. The minimum atomic E-state index is -2.65. The molecule has 41 heavy (non-hydrogen) atoms. The lowest BCUT2D eigenvalue weighted by Gasteiger charge is -2.51. The van der Waals surface area contributed by atoms with Crippen LogP contribution in [0.5, 0.6) is 0 Å². The number of ketones is 2. The molecule has 0 bridgehead atoms. The molecule has 0 aromatic heterocycles. The highest BCUT2D eigenvalue weighted by molar-refractivity contribution is 6.22. The molecule has 4 aliphatic rings. The number of aliphatic hydroxyl groups excluding tert-OH is 3. The molecule has 218 valence electrons. The Bertz CT molecular complexity index is 1490. The van der Waals surface area contributed by atoms with Gasteiger partial charge in [-0.15, -0.1) is 0 Å². The maximum absolute atomic E-state index is 14.1. The van der Waals surface area contributed by atoms with Crippen molar-refractivity contribution in [2.45, 2.75) is 30.6 Å². The Kier molecular flexibility index (Phi) is 7.02. The average Bonchev–Trinajstić information content (AvgIpc) is 2.90. The molecule has 0 aliphatic heterocycles. The number of aliphatic hydroxyl groups is 4. The molecule has 13 nitrogen and oxygen atoms in total. The van der Waals surface area contributed by atoms with Crippen molar-refractivity contribution in [1.82, 2.24) is 4.90 Å². The SMILES string of the molecule is CN(C)[C@@H]1C(=O)C(C(N)=O)=C(O)[C@@]2(O)C(O)=C3C(=O)C4C(=C(c5cccc([NH+]([O-])O)c5)C=C(CN)C4O)C[C@H]3C[C@@H]12. The van der Waals surface area contributed by atoms with E-state index in [1.165, 1.54) is 31.1 Å². The highest BCUT2D eigenvalue weighted by atomic mass is 16.8. The van der Waals surface area contributed by atoms with Crippen molar-refractivity contribution >= 4 is 28.7 Å². The van der Waals surface area contributed by atoms with Gasteiger partial charge in [0.1, 0.15) is 17.1 Å². The summed E-state index contributed by atoms with van der Waals surface area (Å²) < 4.78 is 0. The molecule has 0 saturated heterocycles. The van der Waals surface area contributed by atoms with E-state index in [2.05, 4.69) is 0 Å². The molecule has 4 aliphatic carbocycles. The zero-order valence-electron chi connectivity index (χ0n) is 22.4. The summed E-state index contributed by atoms with van der Waals surface area (Å²) >= 11 is 0. The first-order valence-corrected chi connectivity index (χ1v) is 13.0. The minimum Gasteiger partial charge on any atom is -0.595 e. The van der Waals surface area contributed by atoms with Gasteiger partial charge >= 0.3 is 0 Å². The predicted molar refractivity (Wildman–Crippen MR) is 143 cm³/mol. The van der Waals surface area contributed by atoms with Crippen LogP contribution in [-0.2, 0) is 14.4 Å². The molecule has 1 amide bonds. The second-order valence-corrected chi connectivity index (χ2v) is 11.2. The standard InChI is InChI=1S/C28H32N4O9/c1-31(2)21-17-9-12-7-16-15(11-4-3-5-14(6-11)32(40)41)8-13(10-29)22(33)19(16)23(34)18(12)25(36)28(17,39)26(37)20(24(21)35)27(30)38/h3-6,8,12,17,19,21-22,32-33,36-37,39-40H,7,9-10,29H2,1-2H3,(H2,30,38)/t12-,17-,19?,21-,22?,28-/m0/s1. The number of rotatable bonds is 5. The molecule has 0 radical (unpaired) electrons. The lowest BCUT2D eigenvalue weighted by Crippen LogP contribution is -2.99. The summed E-state index contributed by atoms with van der Waals surface area (Å²) in [6, 6.07) is 4.95. The third-order valence-electron chi connectivity index (χ3n) is 8.81. The molecule has 10 N–H and O–H groups in total. The molecule has 0 spiro atoms. The predicted octanol–water partition coefficient (Wildman–Crippen LogP) is -1.32. The second-order valence-electron chi connectivity index (χ2n) is 11.2. The van der Waals surface area contributed by atoms with E-state index in [1.54, 1.807) is 18.2 Å². The van der Waals surface area contributed by atoms with Gasteiger partial charge in [0.15, 0.2) is 22.9 Å². The molecule has 1 aromatic rings. The van der Waals surface area contributed by atoms with E-state index in [0.29, 0.717) is 22.3 Å². The number of nitrogens with zero attached hydrogens (tertiary/aromatic N) is 1. The van der Waals surface area contributed by atoms with E-state index in [1.807, 2.05) is 0 Å². The number of fused-ring (bicyclic) bond motifs is 3. The van der Waals surface area contributed by atoms with Crippen LogP contribution in [0.3, 0.4) is 0 Å². The van der Waals surface area contributed by atoms with E-state index >= 15 is 0 Å². The quantitative estimate of drug-likeness (QED) is 0.153. The topological polar surface area (TPSA) is 235 Å². The maximum Gasteiger partial charge on any atom is 0.255 e. The summed E-state index contributed by atoms with van der Waals surface area (Å²) in [4.78, 5) is 41.0. The molecule has 3 unspecified atom stereocenters. The van der Waals surface area contributed by atoms with E-state index in [0.717, 1.165) is 0 Å². The Hall–Kier alpha value is -3.69. The van der Waals surface area contributed by atoms with Crippen molar-refractivity contribution in [1.29, 1.82) is 0 Å². The number of Topliss-reactive ketones (excluding diaryl/α,β-unsaturated/α-hetero) is 2. The average molecular weight is 569 g/mol. The van der Waals surface area contributed by atoms with Gasteiger partial charge in [-0.3, -0.25) is 19.3 Å². The van der Waals surface area contributed by atoms with Crippen molar-refractivity contribution in [2.75, 3.05) is 20.6 Å². The van der Waals surface area contributed by atoms with Gasteiger partial charge in [0.2, 0.25) is 0 Å². The smallest absolute Gasteiger partial charge is 0.255 e. The van der Waals surface area contributed by atoms with Crippen molar-refractivity contribution in [3.8, 4) is 0 Å². The van der Waals surface area contributed by atoms with Crippen LogP contribution in [0.2, 0.25) is 0 Å². The van der Waals surface area contributed by atoms with Gasteiger partial charge in [0.05, 0.1) is 18.1 Å². The van der Waals surface area contributed by atoms with Crippen LogP contribution >= 0.6 is 0 Å². The van der Waals surface area contributed by atoms with Crippen LogP contribution in [-0.4, -0.2) is 86.4 Å². The van der Waals surface area contributed by atoms with Crippen LogP contribution in [0, 0.1) is 23.0 Å². The number of quaternary nitrogens is 1. The van der Waals surface area contributed by atoms with Crippen molar-refractivity contribution < 1.29 is 45.2 Å². The Morgan fingerprint density at radius 3 is 2.46 bits per heavy atom. The number of nitrogens with one attached hydrogen (secondary N) is 1. The number of amides is 1. The van der Waals surface area contributed by atoms with Gasteiger partial charge < -0.3 is 37.1 Å². The first-order chi connectivity index (χ1) is 19.2. The van der Waals surface area contributed by atoms with Crippen LogP contribution in [0.15, 0.2) is 64.2 Å². The summed E-state index contributed by atoms with van der Waals surface area (Å²) in [6.45, 7) is -0.112. The van der Waals surface area contributed by atoms with E-state index in [-0.39, 0.29) is 30.6 Å². The third-order valence-corrected chi connectivity index (χ3v) is 8.81. The van der Waals surface area contributed by atoms with Crippen molar-refractivity contribution in [3.63, 3.8) is 0 Å². The number of primary amides is 1. The van der Waals surface area contributed by atoms with Crippen LogP contribution in [0.4, 0.5) is 5.69 Å². The molecule has 1 aromatic carbocycles. The number of likely N-dealkylation sites (N-methyl/N-ethyl adjacent to an activating group) is 1. The van der Waals surface area contributed by atoms with E-state index < -0.39 is 75.3 Å². The molecule has 1 saturated carbocycles.